The van der Waals surface area contributed by atoms with Gasteiger partial charge in [-0.2, -0.15) is 0 Å². The molecule has 5 nitrogen and oxygen atoms in total. The van der Waals surface area contributed by atoms with Gasteiger partial charge in [-0.3, -0.25) is 9.59 Å². The maximum Gasteiger partial charge on any atom is 0.293 e. The van der Waals surface area contributed by atoms with Crippen LogP contribution in [0.1, 0.15) is 60.8 Å². The molecule has 0 bridgehead atoms. The topological polar surface area (TPSA) is 58.6 Å². The molecule has 21 heavy (non-hydrogen) atoms. The van der Waals surface area contributed by atoms with Crippen LogP contribution >= 0.6 is 0 Å². The second kappa shape index (κ2) is 12.6. The zero-order chi connectivity index (χ0) is 16.9. The highest BCUT2D eigenvalue weighted by atomic mass is 16.5. The summed E-state index contributed by atoms with van der Waals surface area (Å²) >= 11 is 0. The molecule has 0 aromatic rings. The van der Waals surface area contributed by atoms with Crippen LogP contribution < -0.4 is 5.32 Å². The summed E-state index contributed by atoms with van der Waals surface area (Å²) in [6.45, 7) is 14.0. The Kier molecular flexibility index (Phi) is 13.3. The maximum absolute atomic E-state index is 11.0. The van der Waals surface area contributed by atoms with Crippen LogP contribution in [0.15, 0.2) is 0 Å². The molecule has 0 spiro atoms. The molecule has 1 heterocycles. The summed E-state index contributed by atoms with van der Waals surface area (Å²) < 4.78 is 4.55. The van der Waals surface area contributed by atoms with Crippen LogP contribution in [-0.2, 0) is 14.3 Å². The van der Waals surface area contributed by atoms with Crippen molar-refractivity contribution in [3.63, 3.8) is 0 Å². The lowest BCUT2D eigenvalue weighted by Gasteiger charge is -2.29. The number of rotatable bonds is 3. The monoisotopic (exact) mass is 302 g/mol. The van der Waals surface area contributed by atoms with Gasteiger partial charge in [-0.25, -0.2) is 0 Å². The van der Waals surface area contributed by atoms with E-state index in [2.05, 4.69) is 22.0 Å². The molecule has 1 saturated heterocycles. The Labute approximate surface area is 130 Å². The zero-order valence-corrected chi connectivity index (χ0v) is 14.9. The quantitative estimate of drug-likeness (QED) is 0.814. The van der Waals surface area contributed by atoms with Crippen LogP contribution in [0.4, 0.5) is 0 Å². The number of amides is 1. The second-order valence-electron chi connectivity index (χ2n) is 5.83. The van der Waals surface area contributed by atoms with Gasteiger partial charge < -0.3 is 15.0 Å². The summed E-state index contributed by atoms with van der Waals surface area (Å²) in [4.78, 5) is 22.9. The number of ether oxygens (including phenoxy) is 1. The summed E-state index contributed by atoms with van der Waals surface area (Å²) in [5.41, 5.74) is -0.318. The van der Waals surface area contributed by atoms with E-state index in [1.807, 2.05) is 41.5 Å². The fourth-order valence-corrected chi connectivity index (χ4v) is 1.63. The minimum Gasteiger partial charge on any atom is -0.462 e. The van der Waals surface area contributed by atoms with Crippen LogP contribution in [0.2, 0.25) is 0 Å². The molecule has 1 N–H and O–H groups in total. The molecule has 1 aliphatic heterocycles. The number of nitrogens with one attached hydrogen (secondary N) is 1. The molecule has 1 fully saturated rings. The van der Waals surface area contributed by atoms with Gasteiger partial charge in [-0.1, -0.05) is 20.8 Å². The molecule has 5 heteroatoms. The first-order valence-corrected chi connectivity index (χ1v) is 7.88. The molecule has 0 aromatic carbocycles. The van der Waals surface area contributed by atoms with Gasteiger partial charge in [0.1, 0.15) is 5.60 Å². The van der Waals surface area contributed by atoms with Gasteiger partial charge in [0.2, 0.25) is 5.91 Å². The minimum atomic E-state index is -0.318. The predicted molar refractivity (Wildman–Crippen MR) is 87.2 cm³/mol. The first kappa shape index (κ1) is 22.2. The van der Waals surface area contributed by atoms with Crippen LogP contribution in [0.25, 0.3) is 0 Å². The molecule has 1 aliphatic rings. The highest BCUT2D eigenvalue weighted by molar-refractivity contribution is 5.75. The smallest absolute Gasteiger partial charge is 0.293 e. The van der Waals surface area contributed by atoms with Gasteiger partial charge in [0, 0.05) is 12.5 Å². The average Bonchev–Trinajstić information content (AvgIpc) is 2.43. The Balaban J connectivity index is 0. The number of hydrogen-bond donors (Lipinski definition) is 1. The normalized spacial score (nSPS) is 15.8. The molecule has 1 rings (SSSR count). The number of likely N-dealkylation sites (tertiary alicyclic amines) is 1. The van der Waals surface area contributed by atoms with Gasteiger partial charge in [0.05, 0.1) is 0 Å². The highest BCUT2D eigenvalue weighted by Gasteiger charge is 2.17. The average molecular weight is 302 g/mol. The third-order valence-electron chi connectivity index (χ3n) is 2.81. The van der Waals surface area contributed by atoms with Crippen molar-refractivity contribution >= 4 is 12.4 Å². The lowest BCUT2D eigenvalue weighted by atomic mass is 10.1. The van der Waals surface area contributed by atoms with Gasteiger partial charge in [0.25, 0.3) is 6.47 Å². The molecule has 0 aromatic heterocycles. The van der Waals surface area contributed by atoms with E-state index in [0.717, 1.165) is 25.9 Å². The first-order chi connectivity index (χ1) is 9.78. The van der Waals surface area contributed by atoms with E-state index < -0.39 is 0 Å². The van der Waals surface area contributed by atoms with Gasteiger partial charge >= 0.3 is 0 Å². The standard InChI is InChI=1S/C9H18N2O.C5H10O2.C2H6/c1-3-9(12)10-8-4-6-11(2)7-5-8;1-5(2,3)7-4-6;1-2/h8H,3-7H2,1-2H3,(H,10,12);4H,1-3H3;1-2H3. The number of carbonyl (C=O) groups excluding carboxylic acids is 2. The summed E-state index contributed by atoms with van der Waals surface area (Å²) in [7, 11) is 2.12. The molecular formula is C16H34N2O3. The van der Waals surface area contributed by atoms with Crippen LogP contribution in [-0.4, -0.2) is 49.1 Å². The maximum atomic E-state index is 11.0. The van der Waals surface area contributed by atoms with Crippen LogP contribution in [0.5, 0.6) is 0 Å². The summed E-state index contributed by atoms with van der Waals surface area (Å²) in [6, 6.07) is 0.425. The highest BCUT2D eigenvalue weighted by Crippen LogP contribution is 2.07. The largest absolute Gasteiger partial charge is 0.462 e. The third-order valence-corrected chi connectivity index (χ3v) is 2.81. The van der Waals surface area contributed by atoms with Crippen LogP contribution in [0, 0.1) is 0 Å². The van der Waals surface area contributed by atoms with Crippen molar-refractivity contribution in [3.8, 4) is 0 Å². The van der Waals surface area contributed by atoms with E-state index in [4.69, 9.17) is 0 Å². The van der Waals surface area contributed by atoms with Gasteiger partial charge in [-0.05, 0) is 53.8 Å². The Morgan fingerprint density at radius 2 is 1.76 bits per heavy atom. The predicted octanol–water partition coefficient (Wildman–Crippen LogP) is 2.59. The third kappa shape index (κ3) is 15.1. The molecule has 126 valence electrons. The molecule has 0 radical (unpaired) electrons. The fourth-order valence-electron chi connectivity index (χ4n) is 1.63. The van der Waals surface area contributed by atoms with Crippen molar-refractivity contribution in [2.45, 2.75) is 72.4 Å². The van der Waals surface area contributed by atoms with Crippen molar-refractivity contribution in [3.05, 3.63) is 0 Å². The molecule has 0 saturated carbocycles. The minimum absolute atomic E-state index is 0.185. The van der Waals surface area contributed by atoms with Crippen molar-refractivity contribution in [1.82, 2.24) is 10.2 Å². The van der Waals surface area contributed by atoms with Crippen molar-refractivity contribution in [1.29, 1.82) is 0 Å². The summed E-state index contributed by atoms with van der Waals surface area (Å²) in [5.74, 6) is 0.185. The molecular weight excluding hydrogens is 268 g/mol. The van der Waals surface area contributed by atoms with E-state index in [0.29, 0.717) is 18.9 Å². The molecule has 0 atom stereocenters. The summed E-state index contributed by atoms with van der Waals surface area (Å²) in [6.07, 6.45) is 2.80. The number of hydrogen-bond acceptors (Lipinski definition) is 4. The first-order valence-electron chi connectivity index (χ1n) is 7.88. The van der Waals surface area contributed by atoms with E-state index in [1.165, 1.54) is 0 Å². The van der Waals surface area contributed by atoms with Crippen LogP contribution in [0.3, 0.4) is 0 Å². The molecule has 0 aliphatic carbocycles. The Morgan fingerprint density at radius 3 is 2.05 bits per heavy atom. The van der Waals surface area contributed by atoms with Crippen molar-refractivity contribution < 1.29 is 14.3 Å². The SMILES string of the molecule is CC.CC(C)(C)OC=O.CCC(=O)NC1CCN(C)CC1. The van der Waals surface area contributed by atoms with E-state index >= 15 is 0 Å². The molecule has 0 unspecified atom stereocenters. The Bertz CT molecular complexity index is 267. The van der Waals surface area contributed by atoms with E-state index in [-0.39, 0.29) is 11.5 Å². The zero-order valence-electron chi connectivity index (χ0n) is 14.9. The molecule has 1 amide bonds. The van der Waals surface area contributed by atoms with E-state index in [1.54, 1.807) is 0 Å². The van der Waals surface area contributed by atoms with Crippen molar-refractivity contribution in [2.24, 2.45) is 0 Å². The summed E-state index contributed by atoms with van der Waals surface area (Å²) in [5, 5.41) is 3.02. The lowest BCUT2D eigenvalue weighted by molar-refractivity contribution is -0.138. The Hall–Kier alpha value is -1.10. The van der Waals surface area contributed by atoms with E-state index in [9.17, 15) is 9.59 Å². The Morgan fingerprint density at radius 1 is 1.29 bits per heavy atom. The van der Waals surface area contributed by atoms with Gasteiger partial charge in [-0.15, -0.1) is 0 Å². The van der Waals surface area contributed by atoms with Gasteiger partial charge in [0.15, 0.2) is 0 Å². The second-order valence-corrected chi connectivity index (χ2v) is 5.83. The number of piperidine rings is 1. The number of carbonyl (C=O) groups is 2. The lowest BCUT2D eigenvalue weighted by Crippen LogP contribution is -2.43. The fraction of sp³-hybridized carbons (Fsp3) is 0.875. The number of nitrogens with zero attached hydrogens (tertiary/aromatic N) is 1. The van der Waals surface area contributed by atoms with Crippen molar-refractivity contribution in [2.75, 3.05) is 20.1 Å².